The van der Waals surface area contributed by atoms with E-state index in [1.54, 1.807) is 13.8 Å². The van der Waals surface area contributed by atoms with Crippen LogP contribution in [0.15, 0.2) is 9.31 Å². The Hall–Kier alpha value is -0.850. The Morgan fingerprint density at radius 1 is 1.29 bits per heavy atom. The van der Waals surface area contributed by atoms with E-state index in [4.69, 9.17) is 10.2 Å². The molecule has 6 heteroatoms. The molecule has 3 unspecified atom stereocenters. The van der Waals surface area contributed by atoms with Gasteiger partial charge in [-0.05, 0) is 38.5 Å². The fourth-order valence-electron chi connectivity index (χ4n) is 3.55. The summed E-state index contributed by atoms with van der Waals surface area (Å²) in [5.74, 6) is 1.96. The van der Waals surface area contributed by atoms with Gasteiger partial charge in [0.15, 0.2) is 0 Å². The summed E-state index contributed by atoms with van der Waals surface area (Å²) in [6.45, 7) is 7.88. The highest BCUT2D eigenvalue weighted by atomic mass is 32.2. The van der Waals surface area contributed by atoms with Crippen molar-refractivity contribution in [3.63, 3.8) is 0 Å². The molecule has 1 aliphatic carbocycles. The van der Waals surface area contributed by atoms with E-state index in [1.165, 1.54) is 0 Å². The van der Waals surface area contributed by atoms with Crippen LogP contribution in [0, 0.1) is 25.7 Å². The van der Waals surface area contributed by atoms with Crippen LogP contribution >= 0.6 is 0 Å². The Morgan fingerprint density at radius 3 is 2.48 bits per heavy atom. The molecule has 3 atom stereocenters. The van der Waals surface area contributed by atoms with Gasteiger partial charge >= 0.3 is 0 Å². The maximum atomic E-state index is 12.7. The number of hydrogen-bond donors (Lipinski definition) is 2. The minimum Gasteiger partial charge on any atom is -0.465 e. The Balaban J connectivity index is 2.28. The summed E-state index contributed by atoms with van der Waals surface area (Å²) in [4.78, 5) is 0.231. The van der Waals surface area contributed by atoms with E-state index in [9.17, 15) is 8.42 Å². The van der Waals surface area contributed by atoms with Crippen molar-refractivity contribution in [3.05, 3.63) is 17.1 Å². The molecule has 1 fully saturated rings. The molecule has 1 heterocycles. The summed E-state index contributed by atoms with van der Waals surface area (Å²) in [6.07, 6.45) is 3.07. The van der Waals surface area contributed by atoms with Crippen molar-refractivity contribution < 1.29 is 12.8 Å². The quantitative estimate of drug-likeness (QED) is 0.874. The maximum Gasteiger partial charge on any atom is 0.244 e. The number of aryl methyl sites for hydroxylation is 2. The molecular formula is C15H26N2O3S. The average Bonchev–Trinajstić information content (AvgIpc) is 2.89. The highest BCUT2D eigenvalue weighted by Gasteiger charge is 2.36. The molecule has 0 bridgehead atoms. The molecule has 0 aromatic carbocycles. The first-order valence-electron chi connectivity index (χ1n) is 7.63. The van der Waals surface area contributed by atoms with E-state index in [1.807, 2.05) is 0 Å². The van der Waals surface area contributed by atoms with E-state index < -0.39 is 10.0 Å². The van der Waals surface area contributed by atoms with Crippen LogP contribution in [0.3, 0.4) is 0 Å². The van der Waals surface area contributed by atoms with Crippen LogP contribution in [0.25, 0.3) is 0 Å². The molecule has 120 valence electrons. The molecule has 0 amide bonds. The molecule has 21 heavy (non-hydrogen) atoms. The fraction of sp³-hybridized carbons (Fsp3) is 0.733. The van der Waals surface area contributed by atoms with Gasteiger partial charge in [-0.25, -0.2) is 13.1 Å². The van der Waals surface area contributed by atoms with E-state index in [0.29, 0.717) is 28.9 Å². The van der Waals surface area contributed by atoms with Gasteiger partial charge in [0.2, 0.25) is 10.0 Å². The SMILES string of the molecule is CCC1CCC(NS(=O)(=O)c2c(C)oc(C)c2CN)C1C. The Bertz CT molecular complexity index is 607. The first-order chi connectivity index (χ1) is 9.81. The lowest BCUT2D eigenvalue weighted by atomic mass is 9.94. The van der Waals surface area contributed by atoms with Crippen LogP contribution in [0.1, 0.15) is 50.2 Å². The Labute approximate surface area is 127 Å². The van der Waals surface area contributed by atoms with Gasteiger partial charge in [-0.3, -0.25) is 0 Å². The Morgan fingerprint density at radius 2 is 1.95 bits per heavy atom. The van der Waals surface area contributed by atoms with E-state index >= 15 is 0 Å². The van der Waals surface area contributed by atoms with Gasteiger partial charge in [0.05, 0.1) is 0 Å². The minimum absolute atomic E-state index is 0.000167. The second-order valence-corrected chi connectivity index (χ2v) is 7.71. The van der Waals surface area contributed by atoms with Crippen molar-refractivity contribution in [2.45, 2.75) is 64.4 Å². The molecule has 1 aromatic rings. The van der Waals surface area contributed by atoms with Gasteiger partial charge in [-0.15, -0.1) is 0 Å². The van der Waals surface area contributed by atoms with Crippen LogP contribution in [0.4, 0.5) is 0 Å². The zero-order valence-corrected chi connectivity index (χ0v) is 14.1. The number of sulfonamides is 1. The molecule has 5 nitrogen and oxygen atoms in total. The molecular weight excluding hydrogens is 288 g/mol. The zero-order chi connectivity index (χ0) is 15.8. The molecule has 1 saturated carbocycles. The van der Waals surface area contributed by atoms with Gasteiger partial charge < -0.3 is 10.2 Å². The monoisotopic (exact) mass is 314 g/mol. The van der Waals surface area contributed by atoms with Crippen LogP contribution in [0.5, 0.6) is 0 Å². The highest BCUT2D eigenvalue weighted by molar-refractivity contribution is 7.89. The number of rotatable bonds is 5. The first-order valence-corrected chi connectivity index (χ1v) is 9.11. The summed E-state index contributed by atoms with van der Waals surface area (Å²) in [7, 11) is -3.58. The largest absolute Gasteiger partial charge is 0.465 e. The highest BCUT2D eigenvalue weighted by Crippen LogP contribution is 2.35. The molecule has 2 rings (SSSR count). The van der Waals surface area contributed by atoms with E-state index in [-0.39, 0.29) is 17.5 Å². The van der Waals surface area contributed by atoms with Crippen molar-refractivity contribution in [3.8, 4) is 0 Å². The zero-order valence-electron chi connectivity index (χ0n) is 13.3. The fourth-order valence-corrected chi connectivity index (χ4v) is 5.37. The lowest BCUT2D eigenvalue weighted by molar-refractivity contribution is 0.368. The van der Waals surface area contributed by atoms with E-state index in [0.717, 1.165) is 19.3 Å². The molecule has 0 saturated heterocycles. The predicted molar refractivity (Wildman–Crippen MR) is 82.4 cm³/mol. The lowest BCUT2D eigenvalue weighted by Crippen LogP contribution is -2.38. The van der Waals surface area contributed by atoms with Gasteiger partial charge in [0.25, 0.3) is 0 Å². The Kier molecular flexibility index (Phi) is 4.80. The molecule has 1 aliphatic rings. The summed E-state index contributed by atoms with van der Waals surface area (Å²) in [6, 6.07) is 0.000167. The van der Waals surface area contributed by atoms with E-state index in [2.05, 4.69) is 18.6 Å². The third-order valence-corrected chi connectivity index (χ3v) is 6.54. The number of hydrogen-bond acceptors (Lipinski definition) is 4. The molecule has 1 aromatic heterocycles. The van der Waals surface area contributed by atoms with Crippen molar-refractivity contribution in [1.29, 1.82) is 0 Å². The average molecular weight is 314 g/mol. The standard InChI is InChI=1S/C15H26N2O3S/c1-5-12-6-7-14(9(12)2)17-21(18,19)15-11(4)20-10(3)13(15)8-16/h9,12,14,17H,5-8,16H2,1-4H3. The third kappa shape index (κ3) is 3.03. The van der Waals surface area contributed by atoms with Crippen LogP contribution < -0.4 is 10.5 Å². The summed E-state index contributed by atoms with van der Waals surface area (Å²) < 4.78 is 33.8. The van der Waals surface area contributed by atoms with Crippen molar-refractivity contribution >= 4 is 10.0 Å². The second-order valence-electron chi connectivity index (χ2n) is 6.06. The number of nitrogens with two attached hydrogens (primary N) is 1. The normalized spacial score (nSPS) is 26.4. The van der Waals surface area contributed by atoms with Crippen molar-refractivity contribution in [1.82, 2.24) is 4.72 Å². The smallest absolute Gasteiger partial charge is 0.244 e. The number of nitrogens with one attached hydrogen (secondary N) is 1. The molecule has 0 radical (unpaired) electrons. The first kappa shape index (κ1) is 16.5. The van der Waals surface area contributed by atoms with Crippen LogP contribution in [-0.2, 0) is 16.6 Å². The van der Waals surface area contributed by atoms with Crippen LogP contribution in [0.2, 0.25) is 0 Å². The number of furan rings is 1. The molecule has 0 aliphatic heterocycles. The van der Waals surface area contributed by atoms with Crippen LogP contribution in [-0.4, -0.2) is 14.5 Å². The van der Waals surface area contributed by atoms with Gasteiger partial charge in [-0.1, -0.05) is 20.3 Å². The summed E-state index contributed by atoms with van der Waals surface area (Å²) in [5.41, 5.74) is 6.27. The molecule has 0 spiro atoms. The van der Waals surface area contributed by atoms with Gasteiger partial charge in [-0.2, -0.15) is 0 Å². The third-order valence-electron chi connectivity index (χ3n) is 4.86. The van der Waals surface area contributed by atoms with Gasteiger partial charge in [0, 0.05) is 18.2 Å². The topological polar surface area (TPSA) is 85.3 Å². The minimum atomic E-state index is -3.58. The lowest BCUT2D eigenvalue weighted by Gasteiger charge is -2.21. The maximum absolute atomic E-state index is 12.7. The summed E-state index contributed by atoms with van der Waals surface area (Å²) in [5, 5.41) is 0. The molecule has 3 N–H and O–H groups in total. The predicted octanol–water partition coefficient (Wildman–Crippen LogP) is 2.46. The van der Waals surface area contributed by atoms with Crippen molar-refractivity contribution in [2.24, 2.45) is 17.6 Å². The van der Waals surface area contributed by atoms with Crippen molar-refractivity contribution in [2.75, 3.05) is 0 Å². The van der Waals surface area contributed by atoms with Gasteiger partial charge in [0.1, 0.15) is 16.4 Å². The second kappa shape index (κ2) is 6.10. The summed E-state index contributed by atoms with van der Waals surface area (Å²) >= 11 is 0.